The molecule has 0 spiro atoms. The predicted octanol–water partition coefficient (Wildman–Crippen LogP) is 3.13. The van der Waals surface area contributed by atoms with Gasteiger partial charge in [-0.25, -0.2) is 8.42 Å². The van der Waals surface area contributed by atoms with E-state index in [1.807, 2.05) is 26.0 Å². The topological polar surface area (TPSA) is 49.9 Å². The van der Waals surface area contributed by atoms with Gasteiger partial charge in [0.25, 0.3) is 0 Å². The highest BCUT2D eigenvalue weighted by atomic mass is 32.2. The molecule has 1 fully saturated rings. The molecule has 26 heavy (non-hydrogen) atoms. The Morgan fingerprint density at radius 2 is 1.46 bits per heavy atom. The summed E-state index contributed by atoms with van der Waals surface area (Å²) < 4.78 is 33.1. The number of hydrogen-bond acceptors (Lipinski definition) is 4. The summed E-state index contributed by atoms with van der Waals surface area (Å²) in [5.74, 6) is 0.744. The van der Waals surface area contributed by atoms with E-state index in [9.17, 15) is 8.42 Å². The van der Waals surface area contributed by atoms with Crippen LogP contribution in [0.3, 0.4) is 0 Å². The number of rotatable bonds is 4. The van der Waals surface area contributed by atoms with Crippen molar-refractivity contribution in [3.8, 4) is 5.75 Å². The molecule has 2 aromatic rings. The van der Waals surface area contributed by atoms with E-state index < -0.39 is 10.0 Å². The molecule has 5 nitrogen and oxygen atoms in total. The molecule has 1 aliphatic heterocycles. The molecule has 1 saturated heterocycles. The molecule has 0 aromatic heterocycles. The molecule has 1 aliphatic rings. The van der Waals surface area contributed by atoms with Crippen molar-refractivity contribution in [3.05, 3.63) is 53.1 Å². The largest absolute Gasteiger partial charge is 0.496 e. The normalized spacial score (nSPS) is 15.9. The number of hydrogen-bond donors (Lipinski definition) is 0. The zero-order valence-corrected chi connectivity index (χ0v) is 16.6. The highest BCUT2D eigenvalue weighted by Gasteiger charge is 2.29. The Morgan fingerprint density at radius 3 is 2.00 bits per heavy atom. The van der Waals surface area contributed by atoms with Crippen LogP contribution < -0.4 is 9.64 Å². The van der Waals surface area contributed by atoms with Crippen molar-refractivity contribution >= 4 is 15.7 Å². The Kier molecular flexibility index (Phi) is 5.25. The number of piperazine rings is 1. The van der Waals surface area contributed by atoms with E-state index in [0.717, 1.165) is 16.9 Å². The molecule has 0 unspecified atom stereocenters. The molecule has 140 valence electrons. The first kappa shape index (κ1) is 18.7. The molecule has 0 atom stereocenters. The SMILES string of the molecule is COc1c(C)cc(S(=O)(=O)N2CCN(c3ccccc3C)CC2)cc1C. The summed E-state index contributed by atoms with van der Waals surface area (Å²) in [5, 5.41) is 0. The fourth-order valence-electron chi connectivity index (χ4n) is 3.62. The first-order valence-electron chi connectivity index (χ1n) is 8.80. The van der Waals surface area contributed by atoms with Gasteiger partial charge in [-0.3, -0.25) is 0 Å². The van der Waals surface area contributed by atoms with Crippen LogP contribution in [0, 0.1) is 20.8 Å². The van der Waals surface area contributed by atoms with E-state index in [4.69, 9.17) is 4.74 Å². The van der Waals surface area contributed by atoms with Gasteiger partial charge in [-0.15, -0.1) is 0 Å². The van der Waals surface area contributed by atoms with Crippen LogP contribution in [0.15, 0.2) is 41.3 Å². The minimum absolute atomic E-state index is 0.345. The van der Waals surface area contributed by atoms with Crippen molar-refractivity contribution in [2.45, 2.75) is 25.7 Å². The second-order valence-electron chi connectivity index (χ2n) is 6.77. The maximum Gasteiger partial charge on any atom is 0.243 e. The van der Waals surface area contributed by atoms with Gasteiger partial charge in [0.2, 0.25) is 10.0 Å². The zero-order valence-electron chi connectivity index (χ0n) is 15.8. The highest BCUT2D eigenvalue weighted by molar-refractivity contribution is 7.89. The second kappa shape index (κ2) is 7.29. The summed E-state index contributed by atoms with van der Waals surface area (Å²) in [5.41, 5.74) is 4.07. The summed E-state index contributed by atoms with van der Waals surface area (Å²) >= 11 is 0. The molecule has 0 radical (unpaired) electrons. The minimum atomic E-state index is -3.50. The van der Waals surface area contributed by atoms with E-state index >= 15 is 0 Å². The number of benzene rings is 2. The van der Waals surface area contributed by atoms with Crippen molar-refractivity contribution in [3.63, 3.8) is 0 Å². The molecule has 3 rings (SSSR count). The summed E-state index contributed by atoms with van der Waals surface area (Å²) in [6.45, 7) is 8.20. The number of anilines is 1. The van der Waals surface area contributed by atoms with Gasteiger partial charge in [0.1, 0.15) is 5.75 Å². The first-order valence-corrected chi connectivity index (χ1v) is 10.2. The van der Waals surface area contributed by atoms with Gasteiger partial charge in [0.05, 0.1) is 12.0 Å². The van der Waals surface area contributed by atoms with Crippen LogP contribution in [0.5, 0.6) is 5.75 Å². The summed E-state index contributed by atoms with van der Waals surface area (Å²) in [4.78, 5) is 2.60. The van der Waals surface area contributed by atoms with Crippen molar-refractivity contribution in [2.24, 2.45) is 0 Å². The van der Waals surface area contributed by atoms with Crippen LogP contribution in [0.1, 0.15) is 16.7 Å². The average molecular weight is 375 g/mol. The third-order valence-electron chi connectivity index (χ3n) is 4.97. The fourth-order valence-corrected chi connectivity index (χ4v) is 5.21. The number of methoxy groups -OCH3 is 1. The predicted molar refractivity (Wildman–Crippen MR) is 105 cm³/mol. The molecule has 0 amide bonds. The zero-order chi connectivity index (χ0) is 18.9. The summed E-state index contributed by atoms with van der Waals surface area (Å²) in [6, 6.07) is 11.6. The van der Waals surface area contributed by atoms with Gasteiger partial charge < -0.3 is 9.64 Å². The van der Waals surface area contributed by atoms with Gasteiger partial charge in [0, 0.05) is 31.9 Å². The van der Waals surface area contributed by atoms with Gasteiger partial charge in [-0.05, 0) is 55.7 Å². The lowest BCUT2D eigenvalue weighted by Crippen LogP contribution is -2.48. The summed E-state index contributed by atoms with van der Waals surface area (Å²) in [6.07, 6.45) is 0. The lowest BCUT2D eigenvalue weighted by atomic mass is 10.1. The highest BCUT2D eigenvalue weighted by Crippen LogP contribution is 2.29. The van der Waals surface area contributed by atoms with Crippen molar-refractivity contribution in [1.82, 2.24) is 4.31 Å². The van der Waals surface area contributed by atoms with Crippen LogP contribution in [0.25, 0.3) is 0 Å². The third-order valence-corrected chi connectivity index (χ3v) is 6.85. The maximum absolute atomic E-state index is 13.1. The number of aryl methyl sites for hydroxylation is 3. The molecule has 0 saturated carbocycles. The number of ether oxygens (including phenoxy) is 1. The molecular formula is C20H26N2O3S. The van der Waals surface area contributed by atoms with E-state index in [-0.39, 0.29) is 0 Å². The van der Waals surface area contributed by atoms with Gasteiger partial charge in [-0.1, -0.05) is 18.2 Å². The van der Waals surface area contributed by atoms with Gasteiger partial charge in [-0.2, -0.15) is 4.31 Å². The molecular weight excluding hydrogens is 348 g/mol. The average Bonchev–Trinajstić information content (AvgIpc) is 2.62. The number of sulfonamides is 1. The van der Waals surface area contributed by atoms with E-state index in [1.54, 1.807) is 23.5 Å². The van der Waals surface area contributed by atoms with E-state index in [2.05, 4.69) is 24.0 Å². The fraction of sp³-hybridized carbons (Fsp3) is 0.400. The molecule has 6 heteroatoms. The maximum atomic E-state index is 13.1. The Morgan fingerprint density at radius 1 is 0.885 bits per heavy atom. The Hall–Kier alpha value is -2.05. The van der Waals surface area contributed by atoms with Crippen molar-refractivity contribution in [1.29, 1.82) is 0 Å². The van der Waals surface area contributed by atoms with Crippen LogP contribution in [0.4, 0.5) is 5.69 Å². The van der Waals surface area contributed by atoms with Crippen molar-refractivity contribution < 1.29 is 13.2 Å². The van der Waals surface area contributed by atoms with Crippen LogP contribution in [-0.2, 0) is 10.0 Å². The lowest BCUT2D eigenvalue weighted by Gasteiger charge is -2.36. The quantitative estimate of drug-likeness (QED) is 0.825. The van der Waals surface area contributed by atoms with Gasteiger partial charge in [0.15, 0.2) is 0 Å². The van der Waals surface area contributed by atoms with E-state index in [1.165, 1.54) is 11.3 Å². The van der Waals surface area contributed by atoms with Gasteiger partial charge >= 0.3 is 0 Å². The molecule has 1 heterocycles. The van der Waals surface area contributed by atoms with Crippen LogP contribution in [-0.4, -0.2) is 46.0 Å². The van der Waals surface area contributed by atoms with Crippen LogP contribution in [0.2, 0.25) is 0 Å². The Balaban J connectivity index is 1.79. The summed E-state index contributed by atoms with van der Waals surface area (Å²) in [7, 11) is -1.89. The van der Waals surface area contributed by atoms with Crippen molar-refractivity contribution in [2.75, 3.05) is 38.2 Å². The lowest BCUT2D eigenvalue weighted by molar-refractivity contribution is 0.384. The standard InChI is InChI=1S/C20H26N2O3S/c1-15-7-5-6-8-19(15)21-9-11-22(12-10-21)26(23,24)18-13-16(2)20(25-4)17(3)14-18/h5-8,13-14H,9-12H2,1-4H3. The molecule has 2 aromatic carbocycles. The molecule has 0 bridgehead atoms. The second-order valence-corrected chi connectivity index (χ2v) is 8.71. The van der Waals surface area contributed by atoms with Crippen LogP contribution >= 0.6 is 0 Å². The number of para-hydroxylation sites is 1. The smallest absolute Gasteiger partial charge is 0.243 e. The third kappa shape index (κ3) is 3.44. The Bertz CT molecular complexity index is 878. The Labute approximate surface area is 156 Å². The molecule has 0 aliphatic carbocycles. The number of nitrogens with zero attached hydrogens (tertiary/aromatic N) is 2. The van der Waals surface area contributed by atoms with E-state index in [0.29, 0.717) is 31.1 Å². The monoisotopic (exact) mass is 374 g/mol. The minimum Gasteiger partial charge on any atom is -0.496 e. The molecule has 0 N–H and O–H groups in total. The first-order chi connectivity index (χ1) is 12.3.